The maximum absolute atomic E-state index is 5.90. The molecule has 0 saturated heterocycles. The van der Waals surface area contributed by atoms with Gasteiger partial charge in [0.2, 0.25) is 0 Å². The van der Waals surface area contributed by atoms with Crippen molar-refractivity contribution in [3.8, 4) is 0 Å². The van der Waals surface area contributed by atoms with E-state index in [1.54, 1.807) is 0 Å². The lowest BCUT2D eigenvalue weighted by molar-refractivity contribution is 0.560. The molecule has 0 radical (unpaired) electrons. The van der Waals surface area contributed by atoms with Gasteiger partial charge in [-0.1, -0.05) is 42.3 Å². The van der Waals surface area contributed by atoms with Crippen molar-refractivity contribution in [2.24, 2.45) is 11.7 Å². The monoisotopic (exact) mass is 298 g/mol. The van der Waals surface area contributed by atoms with E-state index in [0.29, 0.717) is 5.92 Å². The Morgan fingerprint density at radius 1 is 1.35 bits per heavy atom. The topological polar surface area (TPSA) is 29.3 Å². The molecular formula is C14H23BrN2. The molecule has 2 nitrogen and oxygen atoms in total. The van der Waals surface area contributed by atoms with Crippen molar-refractivity contribution in [3.05, 3.63) is 28.2 Å². The third kappa shape index (κ3) is 4.00. The highest BCUT2D eigenvalue weighted by Crippen LogP contribution is 2.27. The lowest BCUT2D eigenvalue weighted by Crippen LogP contribution is -2.23. The van der Waals surface area contributed by atoms with Crippen LogP contribution in [0.3, 0.4) is 0 Å². The van der Waals surface area contributed by atoms with Crippen LogP contribution in [0.25, 0.3) is 0 Å². The predicted octanol–water partition coefficient (Wildman–Crippen LogP) is 3.95. The van der Waals surface area contributed by atoms with Gasteiger partial charge < -0.3 is 10.6 Å². The second-order valence-electron chi connectivity index (χ2n) is 4.89. The van der Waals surface area contributed by atoms with Crippen molar-refractivity contribution in [3.63, 3.8) is 0 Å². The number of halogens is 1. The molecule has 0 amide bonds. The molecule has 2 N–H and O–H groups in total. The lowest BCUT2D eigenvalue weighted by atomic mass is 10.1. The first-order valence-electron chi connectivity index (χ1n) is 6.21. The van der Waals surface area contributed by atoms with Gasteiger partial charge in [-0.3, -0.25) is 0 Å². The van der Waals surface area contributed by atoms with Crippen LogP contribution in [-0.2, 0) is 0 Å². The Kier molecular flexibility index (Phi) is 5.47. The number of hydrogen-bond donors (Lipinski definition) is 1. The summed E-state index contributed by atoms with van der Waals surface area (Å²) >= 11 is 3.59. The molecule has 1 unspecified atom stereocenters. The van der Waals surface area contributed by atoms with Crippen molar-refractivity contribution in [1.82, 2.24) is 0 Å². The van der Waals surface area contributed by atoms with E-state index in [9.17, 15) is 0 Å². The van der Waals surface area contributed by atoms with E-state index < -0.39 is 0 Å². The zero-order valence-electron chi connectivity index (χ0n) is 11.2. The summed E-state index contributed by atoms with van der Waals surface area (Å²) in [5, 5.41) is 0. The molecule has 1 aromatic carbocycles. The Hall–Kier alpha value is -0.540. The molecular weight excluding hydrogens is 276 g/mol. The SMILES string of the molecule is CCC(C)CN(C)c1ccc([C@H](C)N)c(Br)c1. The molecule has 0 saturated carbocycles. The third-order valence-corrected chi connectivity index (χ3v) is 3.88. The molecule has 1 rings (SSSR count). The van der Waals surface area contributed by atoms with Crippen LogP contribution in [0.15, 0.2) is 22.7 Å². The first-order valence-corrected chi connectivity index (χ1v) is 7.01. The smallest absolute Gasteiger partial charge is 0.0375 e. The van der Waals surface area contributed by atoms with E-state index in [1.807, 2.05) is 6.92 Å². The molecule has 0 spiro atoms. The normalized spacial score (nSPS) is 14.5. The molecule has 0 heterocycles. The summed E-state index contributed by atoms with van der Waals surface area (Å²) in [5.41, 5.74) is 8.29. The second kappa shape index (κ2) is 6.41. The number of benzene rings is 1. The number of nitrogens with two attached hydrogens (primary N) is 1. The minimum Gasteiger partial charge on any atom is -0.374 e. The second-order valence-corrected chi connectivity index (χ2v) is 5.74. The number of nitrogens with zero attached hydrogens (tertiary/aromatic N) is 1. The van der Waals surface area contributed by atoms with Crippen LogP contribution in [0.5, 0.6) is 0 Å². The average molecular weight is 299 g/mol. The van der Waals surface area contributed by atoms with Crippen LogP contribution in [0.2, 0.25) is 0 Å². The van der Waals surface area contributed by atoms with Crippen LogP contribution < -0.4 is 10.6 Å². The first-order chi connectivity index (χ1) is 7.95. The largest absolute Gasteiger partial charge is 0.374 e. The summed E-state index contributed by atoms with van der Waals surface area (Å²) < 4.78 is 1.10. The van der Waals surface area contributed by atoms with Crippen molar-refractivity contribution in [1.29, 1.82) is 0 Å². The molecule has 0 aromatic heterocycles. The molecule has 96 valence electrons. The summed E-state index contributed by atoms with van der Waals surface area (Å²) in [7, 11) is 2.14. The van der Waals surface area contributed by atoms with E-state index in [-0.39, 0.29) is 6.04 Å². The molecule has 0 aliphatic heterocycles. The first kappa shape index (κ1) is 14.5. The standard InChI is InChI=1S/C14H23BrN2/c1-5-10(2)9-17(4)12-6-7-13(11(3)16)14(15)8-12/h6-8,10-11H,5,9,16H2,1-4H3/t10?,11-/m0/s1. The van der Waals surface area contributed by atoms with Crippen LogP contribution in [-0.4, -0.2) is 13.6 Å². The third-order valence-electron chi connectivity index (χ3n) is 3.20. The van der Waals surface area contributed by atoms with E-state index in [1.165, 1.54) is 12.1 Å². The molecule has 0 fully saturated rings. The van der Waals surface area contributed by atoms with Crippen LogP contribution >= 0.6 is 15.9 Å². The molecule has 17 heavy (non-hydrogen) atoms. The summed E-state index contributed by atoms with van der Waals surface area (Å²) in [4.78, 5) is 2.30. The van der Waals surface area contributed by atoms with Gasteiger partial charge in [-0.25, -0.2) is 0 Å². The van der Waals surface area contributed by atoms with Crippen molar-refractivity contribution in [2.45, 2.75) is 33.2 Å². The maximum atomic E-state index is 5.90. The van der Waals surface area contributed by atoms with Gasteiger partial charge in [0.25, 0.3) is 0 Å². The van der Waals surface area contributed by atoms with Crippen LogP contribution in [0.4, 0.5) is 5.69 Å². The summed E-state index contributed by atoms with van der Waals surface area (Å²) in [6, 6.07) is 6.47. The van der Waals surface area contributed by atoms with Gasteiger partial charge in [0, 0.05) is 29.8 Å². The zero-order chi connectivity index (χ0) is 13.0. The van der Waals surface area contributed by atoms with Gasteiger partial charge in [0.05, 0.1) is 0 Å². The Balaban J connectivity index is 2.82. The molecule has 3 heteroatoms. The van der Waals surface area contributed by atoms with E-state index in [4.69, 9.17) is 5.73 Å². The quantitative estimate of drug-likeness (QED) is 0.892. The Morgan fingerprint density at radius 3 is 2.47 bits per heavy atom. The molecule has 2 atom stereocenters. The fraction of sp³-hybridized carbons (Fsp3) is 0.571. The highest BCUT2D eigenvalue weighted by Gasteiger charge is 2.09. The fourth-order valence-corrected chi connectivity index (χ4v) is 2.55. The Bertz CT molecular complexity index is 363. The van der Waals surface area contributed by atoms with Gasteiger partial charge >= 0.3 is 0 Å². The van der Waals surface area contributed by atoms with Crippen molar-refractivity contribution in [2.75, 3.05) is 18.5 Å². The zero-order valence-corrected chi connectivity index (χ0v) is 12.8. The maximum Gasteiger partial charge on any atom is 0.0375 e. The summed E-state index contributed by atoms with van der Waals surface area (Å²) in [6.07, 6.45) is 1.21. The van der Waals surface area contributed by atoms with Crippen molar-refractivity contribution >= 4 is 21.6 Å². The van der Waals surface area contributed by atoms with Gasteiger partial charge in [-0.05, 0) is 30.5 Å². The van der Waals surface area contributed by atoms with Gasteiger partial charge in [-0.2, -0.15) is 0 Å². The lowest BCUT2D eigenvalue weighted by Gasteiger charge is -2.24. The number of rotatable bonds is 5. The van der Waals surface area contributed by atoms with Crippen LogP contribution in [0.1, 0.15) is 38.8 Å². The summed E-state index contributed by atoms with van der Waals surface area (Å²) in [5.74, 6) is 0.715. The number of anilines is 1. The van der Waals surface area contributed by atoms with Gasteiger partial charge in [0.1, 0.15) is 0 Å². The molecule has 0 bridgehead atoms. The Morgan fingerprint density at radius 2 is 2.00 bits per heavy atom. The molecule has 0 aliphatic carbocycles. The molecule has 0 aliphatic rings. The van der Waals surface area contributed by atoms with E-state index >= 15 is 0 Å². The predicted molar refractivity (Wildman–Crippen MR) is 79.5 cm³/mol. The minimum absolute atomic E-state index is 0.0679. The number of hydrogen-bond acceptors (Lipinski definition) is 2. The molecule has 1 aromatic rings. The van der Waals surface area contributed by atoms with E-state index in [2.05, 4.69) is 59.9 Å². The van der Waals surface area contributed by atoms with Crippen molar-refractivity contribution < 1.29 is 0 Å². The highest BCUT2D eigenvalue weighted by molar-refractivity contribution is 9.10. The summed E-state index contributed by atoms with van der Waals surface area (Å²) in [6.45, 7) is 7.60. The highest BCUT2D eigenvalue weighted by atomic mass is 79.9. The fourth-order valence-electron chi connectivity index (χ4n) is 1.82. The Labute approximate surface area is 113 Å². The van der Waals surface area contributed by atoms with Gasteiger partial charge in [-0.15, -0.1) is 0 Å². The van der Waals surface area contributed by atoms with E-state index in [0.717, 1.165) is 16.6 Å². The minimum atomic E-state index is 0.0679. The van der Waals surface area contributed by atoms with Crippen LogP contribution in [0, 0.1) is 5.92 Å². The van der Waals surface area contributed by atoms with Gasteiger partial charge in [0.15, 0.2) is 0 Å². The average Bonchev–Trinajstić information content (AvgIpc) is 2.28.